The summed E-state index contributed by atoms with van der Waals surface area (Å²) in [7, 11) is 0. The van der Waals surface area contributed by atoms with Gasteiger partial charge in [-0.1, -0.05) is 6.07 Å². The predicted molar refractivity (Wildman–Crippen MR) is 97.5 cm³/mol. The number of urea groups is 1. The van der Waals surface area contributed by atoms with E-state index in [2.05, 4.69) is 16.8 Å². The molecule has 1 atom stereocenters. The fourth-order valence-electron chi connectivity index (χ4n) is 2.88. The third-order valence-electron chi connectivity index (χ3n) is 4.05. The van der Waals surface area contributed by atoms with Crippen LogP contribution >= 0.6 is 23.1 Å². The first-order valence-electron chi connectivity index (χ1n) is 7.90. The summed E-state index contributed by atoms with van der Waals surface area (Å²) in [6, 6.07) is 9.73. The van der Waals surface area contributed by atoms with Crippen molar-refractivity contribution in [2.75, 3.05) is 36.6 Å². The maximum absolute atomic E-state index is 12.8. The Morgan fingerprint density at radius 3 is 2.92 bits per heavy atom. The molecule has 5 nitrogen and oxygen atoms in total. The highest BCUT2D eigenvalue weighted by Crippen LogP contribution is 2.35. The fourth-order valence-corrected chi connectivity index (χ4v) is 4.90. The zero-order valence-corrected chi connectivity index (χ0v) is 14.7. The minimum Gasteiger partial charge on any atom is -0.486 e. The van der Waals surface area contributed by atoms with Crippen molar-refractivity contribution in [1.29, 1.82) is 0 Å². The molecule has 4 rings (SSSR count). The third kappa shape index (κ3) is 3.18. The third-order valence-corrected chi connectivity index (χ3v) is 6.05. The normalized spacial score (nSPS) is 19.8. The van der Waals surface area contributed by atoms with Crippen molar-refractivity contribution in [2.24, 2.45) is 0 Å². The zero-order valence-electron chi connectivity index (χ0n) is 13.1. The topological polar surface area (TPSA) is 50.8 Å². The second-order valence-corrected chi connectivity index (χ2v) is 7.72. The molecule has 1 fully saturated rings. The Morgan fingerprint density at radius 2 is 2.08 bits per heavy atom. The SMILES string of the molecule is O=C(Nc1ccc2c(c1)OCCO2)N1CCSC[C@H]1c1cccs1. The lowest BCUT2D eigenvalue weighted by Gasteiger charge is -2.34. The fraction of sp³-hybridized carbons (Fsp3) is 0.353. The molecule has 2 aliphatic heterocycles. The van der Waals surface area contributed by atoms with Crippen molar-refractivity contribution < 1.29 is 14.3 Å². The number of nitrogens with zero attached hydrogens (tertiary/aromatic N) is 1. The molecule has 1 aromatic heterocycles. The first-order chi connectivity index (χ1) is 11.8. The number of thioether (sulfide) groups is 1. The molecule has 0 bridgehead atoms. The summed E-state index contributed by atoms with van der Waals surface area (Å²) in [5.41, 5.74) is 0.729. The van der Waals surface area contributed by atoms with Crippen LogP contribution in [0.4, 0.5) is 10.5 Å². The molecule has 2 amide bonds. The number of thiophene rings is 1. The summed E-state index contributed by atoms with van der Waals surface area (Å²) < 4.78 is 11.1. The van der Waals surface area contributed by atoms with Gasteiger partial charge in [0, 0.05) is 34.7 Å². The lowest BCUT2D eigenvalue weighted by Crippen LogP contribution is -2.42. The van der Waals surface area contributed by atoms with Crippen LogP contribution in [0.25, 0.3) is 0 Å². The summed E-state index contributed by atoms with van der Waals surface area (Å²) in [6.07, 6.45) is 0. The minimum atomic E-state index is -0.0645. The van der Waals surface area contributed by atoms with Crippen molar-refractivity contribution in [1.82, 2.24) is 4.90 Å². The summed E-state index contributed by atoms with van der Waals surface area (Å²) in [4.78, 5) is 15.9. The molecular weight excluding hydrogens is 344 g/mol. The molecule has 0 aliphatic carbocycles. The monoisotopic (exact) mass is 362 g/mol. The number of carbonyl (C=O) groups excluding carboxylic acids is 1. The quantitative estimate of drug-likeness (QED) is 0.882. The number of benzene rings is 1. The van der Waals surface area contributed by atoms with Gasteiger partial charge >= 0.3 is 6.03 Å². The van der Waals surface area contributed by atoms with Crippen molar-refractivity contribution in [3.8, 4) is 11.5 Å². The molecule has 0 spiro atoms. The molecule has 3 heterocycles. The summed E-state index contributed by atoms with van der Waals surface area (Å²) >= 11 is 3.60. The Labute approximate surface area is 148 Å². The minimum absolute atomic E-state index is 0.0645. The summed E-state index contributed by atoms with van der Waals surface area (Å²) in [5, 5.41) is 5.06. The summed E-state index contributed by atoms with van der Waals surface area (Å²) in [5.74, 6) is 3.32. The van der Waals surface area contributed by atoms with Crippen molar-refractivity contribution in [3.63, 3.8) is 0 Å². The van der Waals surface area contributed by atoms with Gasteiger partial charge in [-0.15, -0.1) is 11.3 Å². The van der Waals surface area contributed by atoms with Gasteiger partial charge in [0.1, 0.15) is 13.2 Å². The Balaban J connectivity index is 1.50. The van der Waals surface area contributed by atoms with Crippen LogP contribution in [0, 0.1) is 0 Å². The van der Waals surface area contributed by atoms with Gasteiger partial charge in [-0.2, -0.15) is 11.8 Å². The maximum atomic E-state index is 12.8. The standard InChI is InChI=1S/C17H18N2O3S2/c20-17(18-12-3-4-14-15(10-12)22-7-6-21-14)19-5-9-23-11-13(19)16-2-1-8-24-16/h1-4,8,10,13H,5-7,9,11H2,(H,18,20)/t13-/m0/s1. The van der Waals surface area contributed by atoms with Gasteiger partial charge in [-0.05, 0) is 23.6 Å². The highest BCUT2D eigenvalue weighted by molar-refractivity contribution is 7.99. The molecule has 7 heteroatoms. The molecule has 0 saturated carbocycles. The van der Waals surface area contributed by atoms with Gasteiger partial charge in [0.2, 0.25) is 0 Å². The first-order valence-corrected chi connectivity index (χ1v) is 9.93. The number of ether oxygens (including phenoxy) is 2. The zero-order chi connectivity index (χ0) is 16.4. The van der Waals surface area contributed by atoms with Crippen LogP contribution in [-0.2, 0) is 0 Å². The lowest BCUT2D eigenvalue weighted by molar-refractivity contribution is 0.171. The average Bonchev–Trinajstić information content (AvgIpc) is 3.16. The molecule has 0 radical (unpaired) electrons. The van der Waals surface area contributed by atoms with E-state index < -0.39 is 0 Å². The number of fused-ring (bicyclic) bond motifs is 1. The highest BCUT2D eigenvalue weighted by atomic mass is 32.2. The molecule has 1 aromatic carbocycles. The number of rotatable bonds is 2. The number of hydrogen-bond acceptors (Lipinski definition) is 5. The Kier molecular flexibility index (Phi) is 4.53. The Morgan fingerprint density at radius 1 is 1.21 bits per heavy atom. The molecule has 24 heavy (non-hydrogen) atoms. The van der Waals surface area contributed by atoms with Gasteiger partial charge in [0.05, 0.1) is 6.04 Å². The maximum Gasteiger partial charge on any atom is 0.322 e. The lowest BCUT2D eigenvalue weighted by atomic mass is 10.2. The van der Waals surface area contributed by atoms with E-state index in [0.29, 0.717) is 19.0 Å². The van der Waals surface area contributed by atoms with Crippen LogP contribution < -0.4 is 14.8 Å². The average molecular weight is 362 g/mol. The van der Waals surface area contributed by atoms with E-state index >= 15 is 0 Å². The summed E-state index contributed by atoms with van der Waals surface area (Å²) in [6.45, 7) is 1.85. The number of hydrogen-bond donors (Lipinski definition) is 1. The van der Waals surface area contributed by atoms with E-state index in [-0.39, 0.29) is 12.1 Å². The van der Waals surface area contributed by atoms with Crippen LogP contribution in [0.5, 0.6) is 11.5 Å². The number of anilines is 1. The second kappa shape index (κ2) is 6.94. The molecule has 0 unspecified atom stereocenters. The van der Waals surface area contributed by atoms with Gasteiger partial charge in [0.15, 0.2) is 11.5 Å². The van der Waals surface area contributed by atoms with E-state index in [0.717, 1.165) is 29.5 Å². The van der Waals surface area contributed by atoms with E-state index in [9.17, 15) is 4.79 Å². The van der Waals surface area contributed by atoms with Gasteiger partial charge in [-0.25, -0.2) is 4.79 Å². The molecule has 2 aliphatic rings. The molecule has 2 aromatic rings. The van der Waals surface area contributed by atoms with Crippen LogP contribution in [0.1, 0.15) is 10.9 Å². The Hall–Kier alpha value is -1.86. The number of carbonyl (C=O) groups is 1. The first kappa shape index (κ1) is 15.7. The largest absolute Gasteiger partial charge is 0.486 e. The molecule has 1 N–H and O–H groups in total. The van der Waals surface area contributed by atoms with E-state index in [1.54, 1.807) is 11.3 Å². The van der Waals surface area contributed by atoms with Crippen LogP contribution in [-0.4, -0.2) is 42.2 Å². The smallest absolute Gasteiger partial charge is 0.322 e. The van der Waals surface area contributed by atoms with Crippen molar-refractivity contribution >= 4 is 34.8 Å². The van der Waals surface area contributed by atoms with E-state index in [1.165, 1.54) is 4.88 Å². The van der Waals surface area contributed by atoms with Gasteiger partial charge in [-0.3, -0.25) is 0 Å². The molecule has 1 saturated heterocycles. The molecule has 126 valence electrons. The van der Waals surface area contributed by atoms with E-state index in [1.807, 2.05) is 40.9 Å². The van der Waals surface area contributed by atoms with Crippen LogP contribution in [0.2, 0.25) is 0 Å². The highest BCUT2D eigenvalue weighted by Gasteiger charge is 2.29. The number of nitrogens with one attached hydrogen (secondary N) is 1. The van der Waals surface area contributed by atoms with Gasteiger partial charge in [0.25, 0.3) is 0 Å². The second-order valence-electron chi connectivity index (χ2n) is 5.59. The Bertz CT molecular complexity index is 721. The van der Waals surface area contributed by atoms with Crippen LogP contribution in [0.15, 0.2) is 35.7 Å². The van der Waals surface area contributed by atoms with Crippen molar-refractivity contribution in [2.45, 2.75) is 6.04 Å². The van der Waals surface area contributed by atoms with Gasteiger partial charge < -0.3 is 19.7 Å². The molecular formula is C17H18N2O3S2. The van der Waals surface area contributed by atoms with Crippen LogP contribution in [0.3, 0.4) is 0 Å². The van der Waals surface area contributed by atoms with E-state index in [4.69, 9.17) is 9.47 Å². The predicted octanol–water partition coefficient (Wildman–Crippen LogP) is 3.84. The number of amides is 2. The van der Waals surface area contributed by atoms with Crippen molar-refractivity contribution in [3.05, 3.63) is 40.6 Å².